The third kappa shape index (κ3) is 6.27. The van der Waals surface area contributed by atoms with Crippen molar-refractivity contribution in [3.63, 3.8) is 0 Å². The van der Waals surface area contributed by atoms with Gasteiger partial charge in [-0.1, -0.05) is 13.0 Å². The Labute approximate surface area is 117 Å². The number of amides is 2. The summed E-state index contributed by atoms with van der Waals surface area (Å²) in [6, 6.07) is -0.531. The normalized spacial score (nSPS) is 21.5. The lowest BCUT2D eigenvalue weighted by molar-refractivity contribution is -0.143. The predicted molar refractivity (Wildman–Crippen MR) is 71.5 cm³/mol. The maximum atomic E-state index is 12.2. The maximum absolute atomic E-state index is 12.2. The third-order valence-corrected chi connectivity index (χ3v) is 3.29. The zero-order valence-corrected chi connectivity index (χ0v) is 11.7. The molecular weight excluding hydrogens is 271 g/mol. The van der Waals surface area contributed by atoms with Crippen molar-refractivity contribution >= 4 is 6.03 Å². The van der Waals surface area contributed by atoms with Gasteiger partial charge in [-0.2, -0.15) is 13.2 Å². The van der Waals surface area contributed by atoms with Gasteiger partial charge in [-0.05, 0) is 19.3 Å². The first-order chi connectivity index (χ1) is 9.34. The number of urea groups is 1. The summed E-state index contributed by atoms with van der Waals surface area (Å²) in [4.78, 5) is 13.0. The van der Waals surface area contributed by atoms with E-state index >= 15 is 0 Å². The van der Waals surface area contributed by atoms with Crippen LogP contribution in [0.1, 0.15) is 26.2 Å². The molecule has 4 nitrogen and oxygen atoms in total. The topological polar surface area (TPSA) is 44.4 Å². The SMILES string of the molecule is C=CC[C@H](CC)NC(=O)N[C@H]1CCN(CC(F)(F)F)C1. The number of carbonyl (C=O) groups is 1. The Morgan fingerprint density at radius 1 is 1.55 bits per heavy atom. The fraction of sp³-hybridized carbons (Fsp3) is 0.769. The van der Waals surface area contributed by atoms with Crippen molar-refractivity contribution in [1.29, 1.82) is 0 Å². The van der Waals surface area contributed by atoms with Gasteiger partial charge in [0.1, 0.15) is 0 Å². The number of nitrogens with one attached hydrogen (secondary N) is 2. The molecule has 0 aromatic rings. The molecule has 2 atom stereocenters. The van der Waals surface area contributed by atoms with Gasteiger partial charge in [0.05, 0.1) is 6.54 Å². The van der Waals surface area contributed by atoms with E-state index in [0.29, 0.717) is 19.4 Å². The molecule has 2 N–H and O–H groups in total. The van der Waals surface area contributed by atoms with Gasteiger partial charge in [0, 0.05) is 25.2 Å². The highest BCUT2D eigenvalue weighted by atomic mass is 19.4. The van der Waals surface area contributed by atoms with E-state index < -0.39 is 12.7 Å². The summed E-state index contributed by atoms with van der Waals surface area (Å²) in [5.41, 5.74) is 0. The van der Waals surface area contributed by atoms with E-state index in [4.69, 9.17) is 0 Å². The number of hydrogen-bond acceptors (Lipinski definition) is 2. The van der Waals surface area contributed by atoms with Gasteiger partial charge in [-0.3, -0.25) is 4.90 Å². The summed E-state index contributed by atoms with van der Waals surface area (Å²) >= 11 is 0. The lowest BCUT2D eigenvalue weighted by Gasteiger charge is -2.20. The summed E-state index contributed by atoms with van der Waals surface area (Å²) in [6.45, 7) is 5.25. The summed E-state index contributed by atoms with van der Waals surface area (Å²) in [5.74, 6) is 0. The van der Waals surface area contributed by atoms with Crippen molar-refractivity contribution in [1.82, 2.24) is 15.5 Å². The summed E-state index contributed by atoms with van der Waals surface area (Å²) in [7, 11) is 0. The first-order valence-corrected chi connectivity index (χ1v) is 6.81. The Kier molecular flexibility index (Phi) is 6.32. The zero-order valence-electron chi connectivity index (χ0n) is 11.7. The molecule has 2 amide bonds. The van der Waals surface area contributed by atoms with Crippen LogP contribution in [0.2, 0.25) is 0 Å². The molecule has 0 aromatic carbocycles. The Morgan fingerprint density at radius 3 is 2.80 bits per heavy atom. The molecule has 1 saturated heterocycles. The van der Waals surface area contributed by atoms with Crippen molar-refractivity contribution in [2.75, 3.05) is 19.6 Å². The quantitative estimate of drug-likeness (QED) is 0.738. The first kappa shape index (κ1) is 16.8. The van der Waals surface area contributed by atoms with Gasteiger partial charge in [0.15, 0.2) is 0 Å². The molecule has 0 radical (unpaired) electrons. The van der Waals surface area contributed by atoms with Crippen LogP contribution >= 0.6 is 0 Å². The number of rotatable bonds is 6. The minimum atomic E-state index is -4.19. The van der Waals surface area contributed by atoms with Crippen LogP contribution in [0.3, 0.4) is 0 Å². The van der Waals surface area contributed by atoms with E-state index in [2.05, 4.69) is 17.2 Å². The van der Waals surface area contributed by atoms with E-state index in [-0.39, 0.29) is 24.7 Å². The Bertz CT molecular complexity index is 333. The van der Waals surface area contributed by atoms with Gasteiger partial charge in [-0.15, -0.1) is 6.58 Å². The van der Waals surface area contributed by atoms with Gasteiger partial charge in [-0.25, -0.2) is 4.79 Å². The van der Waals surface area contributed by atoms with Crippen molar-refractivity contribution in [2.24, 2.45) is 0 Å². The van der Waals surface area contributed by atoms with Crippen molar-refractivity contribution < 1.29 is 18.0 Å². The van der Waals surface area contributed by atoms with Crippen molar-refractivity contribution in [3.05, 3.63) is 12.7 Å². The average molecular weight is 293 g/mol. The van der Waals surface area contributed by atoms with E-state index in [1.807, 2.05) is 6.92 Å². The average Bonchev–Trinajstić information content (AvgIpc) is 2.73. The highest BCUT2D eigenvalue weighted by Crippen LogP contribution is 2.19. The van der Waals surface area contributed by atoms with E-state index in [1.165, 1.54) is 4.90 Å². The highest BCUT2D eigenvalue weighted by molar-refractivity contribution is 5.74. The summed E-state index contributed by atoms with van der Waals surface area (Å²) < 4.78 is 36.7. The summed E-state index contributed by atoms with van der Waals surface area (Å²) in [5, 5.41) is 5.52. The van der Waals surface area contributed by atoms with Gasteiger partial charge >= 0.3 is 12.2 Å². The Hall–Kier alpha value is -1.24. The largest absolute Gasteiger partial charge is 0.401 e. The maximum Gasteiger partial charge on any atom is 0.401 e. The minimum absolute atomic E-state index is 0.0141. The lowest BCUT2D eigenvalue weighted by Crippen LogP contribution is -2.47. The molecule has 0 spiro atoms. The third-order valence-electron chi connectivity index (χ3n) is 3.29. The monoisotopic (exact) mass is 293 g/mol. The van der Waals surface area contributed by atoms with E-state index in [0.717, 1.165) is 6.42 Å². The Balaban J connectivity index is 2.32. The van der Waals surface area contributed by atoms with Crippen LogP contribution in [-0.2, 0) is 0 Å². The second-order valence-corrected chi connectivity index (χ2v) is 5.08. The second-order valence-electron chi connectivity index (χ2n) is 5.08. The molecule has 20 heavy (non-hydrogen) atoms. The predicted octanol–water partition coefficient (Wildman–Crippen LogP) is 2.28. The number of carbonyl (C=O) groups excluding carboxylic acids is 1. The van der Waals surface area contributed by atoms with Crippen LogP contribution in [0.25, 0.3) is 0 Å². The number of likely N-dealkylation sites (tertiary alicyclic amines) is 1. The number of hydrogen-bond donors (Lipinski definition) is 2. The number of halogens is 3. The van der Waals surface area contributed by atoms with Crippen LogP contribution in [0, 0.1) is 0 Å². The number of alkyl halides is 3. The first-order valence-electron chi connectivity index (χ1n) is 6.81. The van der Waals surface area contributed by atoms with Crippen LogP contribution < -0.4 is 10.6 Å². The van der Waals surface area contributed by atoms with Crippen LogP contribution in [0.15, 0.2) is 12.7 Å². The highest BCUT2D eigenvalue weighted by Gasteiger charge is 2.34. The molecule has 116 valence electrons. The molecule has 0 unspecified atom stereocenters. The molecule has 1 heterocycles. The summed E-state index contributed by atoms with van der Waals surface area (Å²) in [6.07, 6.45) is -0.454. The molecule has 1 aliphatic rings. The van der Waals surface area contributed by atoms with Gasteiger partial charge in [0.2, 0.25) is 0 Å². The van der Waals surface area contributed by atoms with Gasteiger partial charge in [0.25, 0.3) is 0 Å². The fourth-order valence-electron chi connectivity index (χ4n) is 2.29. The molecule has 0 aliphatic carbocycles. The smallest absolute Gasteiger partial charge is 0.335 e. The van der Waals surface area contributed by atoms with Crippen molar-refractivity contribution in [3.8, 4) is 0 Å². The molecule has 0 saturated carbocycles. The van der Waals surface area contributed by atoms with E-state index in [1.54, 1.807) is 6.08 Å². The molecule has 7 heteroatoms. The molecule has 0 aromatic heterocycles. The fourth-order valence-corrected chi connectivity index (χ4v) is 2.29. The molecule has 1 rings (SSSR count). The molecular formula is C13H22F3N3O. The van der Waals surface area contributed by atoms with Crippen molar-refractivity contribution in [2.45, 2.75) is 44.4 Å². The van der Waals surface area contributed by atoms with Crippen LogP contribution in [0.4, 0.5) is 18.0 Å². The minimum Gasteiger partial charge on any atom is -0.335 e. The van der Waals surface area contributed by atoms with Gasteiger partial charge < -0.3 is 10.6 Å². The lowest BCUT2D eigenvalue weighted by atomic mass is 10.1. The van der Waals surface area contributed by atoms with Crippen LogP contribution in [-0.4, -0.2) is 48.8 Å². The second kappa shape index (κ2) is 7.52. The Morgan fingerprint density at radius 2 is 2.25 bits per heavy atom. The molecule has 0 bridgehead atoms. The standard InChI is InChI=1S/C13H22F3N3O/c1-3-5-10(4-2)17-12(20)18-11-6-7-19(8-11)9-13(14,15)16/h3,10-11H,1,4-9H2,2H3,(H2,17,18,20)/t10-,11-/m0/s1. The number of nitrogens with zero attached hydrogens (tertiary/aromatic N) is 1. The van der Waals surface area contributed by atoms with Crippen LogP contribution in [0.5, 0.6) is 0 Å². The molecule has 1 fully saturated rings. The zero-order chi connectivity index (χ0) is 15.2. The van der Waals surface area contributed by atoms with E-state index in [9.17, 15) is 18.0 Å². The molecule has 1 aliphatic heterocycles.